The Morgan fingerprint density at radius 2 is 1.83 bits per heavy atom. The van der Waals surface area contributed by atoms with Crippen LogP contribution in [0.2, 0.25) is 5.02 Å². The second-order valence-electron chi connectivity index (χ2n) is 12.8. The Bertz CT molecular complexity index is 1420. The van der Waals surface area contributed by atoms with E-state index in [0.717, 1.165) is 25.8 Å². The quantitative estimate of drug-likeness (QED) is 0.346. The molecule has 0 fully saturated rings. The molecule has 4 atom stereocenters. The molecule has 0 spiro atoms. The highest BCUT2D eigenvalue weighted by Crippen LogP contribution is 2.30. The number of hydrogen-bond donors (Lipinski definition) is 2. The largest absolute Gasteiger partial charge is 0.490 e. The fraction of sp³-hybridized carbons (Fsp3) is 0.588. The van der Waals surface area contributed by atoms with E-state index in [9.17, 15) is 23.1 Å². The van der Waals surface area contributed by atoms with Crippen molar-refractivity contribution in [2.75, 3.05) is 58.7 Å². The van der Waals surface area contributed by atoms with Crippen molar-refractivity contribution < 1.29 is 32.6 Å². The van der Waals surface area contributed by atoms with E-state index in [2.05, 4.69) is 4.72 Å². The summed E-state index contributed by atoms with van der Waals surface area (Å²) in [5.74, 6) is -0.264. The highest BCUT2D eigenvalue weighted by Gasteiger charge is 2.31. The normalized spacial score (nSPS) is 20.6. The van der Waals surface area contributed by atoms with Crippen LogP contribution in [0.3, 0.4) is 0 Å². The molecular weight excluding hydrogens is 644 g/mol. The molecule has 3 rings (SSSR count). The van der Waals surface area contributed by atoms with Gasteiger partial charge in [-0.1, -0.05) is 18.5 Å². The third kappa shape index (κ3) is 11.6. The Balaban J connectivity index is 1.93. The zero-order valence-electron chi connectivity index (χ0n) is 28.4. The Morgan fingerprint density at radius 1 is 1.13 bits per heavy atom. The monoisotopic (exact) mass is 694 g/mol. The molecule has 0 saturated heterocycles. The number of amides is 2. The number of nitrogens with one attached hydrogen (secondary N) is 1. The highest BCUT2D eigenvalue weighted by molar-refractivity contribution is 7.92. The van der Waals surface area contributed by atoms with Gasteiger partial charge in [0.15, 0.2) is 0 Å². The lowest BCUT2D eigenvalue weighted by atomic mass is 10.0. The number of ether oxygens (including phenoxy) is 2. The van der Waals surface area contributed by atoms with Gasteiger partial charge in [-0.05, 0) is 103 Å². The lowest BCUT2D eigenvalue weighted by Gasteiger charge is -2.36. The van der Waals surface area contributed by atoms with Gasteiger partial charge in [0.2, 0.25) is 5.91 Å². The van der Waals surface area contributed by atoms with Gasteiger partial charge in [0.05, 0.1) is 35.3 Å². The summed E-state index contributed by atoms with van der Waals surface area (Å²) in [6.45, 7) is 7.27. The van der Waals surface area contributed by atoms with Crippen LogP contribution in [-0.4, -0.2) is 112 Å². The van der Waals surface area contributed by atoms with E-state index in [4.69, 9.17) is 21.1 Å². The molecule has 2 amide bonds. The number of benzene rings is 2. The van der Waals surface area contributed by atoms with Gasteiger partial charge in [-0.2, -0.15) is 0 Å². The first-order chi connectivity index (χ1) is 22.2. The van der Waals surface area contributed by atoms with Crippen molar-refractivity contribution in [3.8, 4) is 5.75 Å². The molecule has 13 heteroatoms. The van der Waals surface area contributed by atoms with Gasteiger partial charge in [0, 0.05) is 49.8 Å². The van der Waals surface area contributed by atoms with E-state index in [0.29, 0.717) is 36.8 Å². The van der Waals surface area contributed by atoms with Crippen LogP contribution in [0.5, 0.6) is 5.75 Å². The molecule has 2 aromatic carbocycles. The zero-order valence-corrected chi connectivity index (χ0v) is 30.0. The summed E-state index contributed by atoms with van der Waals surface area (Å²) < 4.78 is 41.5. The number of nitrogens with zero attached hydrogens (tertiary/aromatic N) is 3. The number of hydrogen-bond acceptors (Lipinski definition) is 8. The third-order valence-corrected chi connectivity index (χ3v) is 9.95. The topological polar surface area (TPSA) is 129 Å². The fourth-order valence-corrected chi connectivity index (χ4v) is 6.56. The molecule has 0 saturated carbocycles. The summed E-state index contributed by atoms with van der Waals surface area (Å²) in [7, 11) is 1.75. The Labute approximate surface area is 285 Å². The summed E-state index contributed by atoms with van der Waals surface area (Å²) in [5.41, 5.74) is 0.355. The number of rotatable bonds is 11. The average molecular weight is 695 g/mol. The molecule has 47 heavy (non-hydrogen) atoms. The number of carbonyl (C=O) groups is 2. The van der Waals surface area contributed by atoms with E-state index in [1.807, 2.05) is 32.8 Å². The summed E-state index contributed by atoms with van der Waals surface area (Å²) in [5, 5.41) is 10.6. The number of aliphatic hydroxyl groups excluding tert-OH is 1. The lowest BCUT2D eigenvalue weighted by Crippen LogP contribution is -2.48. The molecule has 0 bridgehead atoms. The molecule has 0 radical (unpaired) electrons. The number of fused-ring (bicyclic) bond motifs is 1. The number of likely N-dealkylation sites (N-methyl/N-ethyl adjacent to an activating group) is 1. The van der Waals surface area contributed by atoms with Gasteiger partial charge >= 0.3 is 0 Å². The number of carbonyl (C=O) groups excluding carboxylic acids is 2. The Kier molecular flexibility index (Phi) is 14.8. The molecule has 262 valence electrons. The second-order valence-corrected chi connectivity index (χ2v) is 14.9. The smallest absolute Gasteiger partial charge is 0.261 e. The maximum atomic E-state index is 14.3. The average Bonchev–Trinajstić information content (AvgIpc) is 3.02. The van der Waals surface area contributed by atoms with Crippen LogP contribution in [0.4, 0.5) is 5.69 Å². The molecule has 0 aliphatic carbocycles. The molecule has 1 aliphatic rings. The van der Waals surface area contributed by atoms with Crippen LogP contribution in [0.25, 0.3) is 0 Å². The summed E-state index contributed by atoms with van der Waals surface area (Å²) in [6.07, 6.45) is 2.94. The standard InChI is InChI=1S/C34H51ClN4O7S/c1-24-21-39(25(2)23-40)34(42)30-20-28(36-47(43,44)29-15-12-27(35)13-16-29)14-17-31(30)46-26(3)10-7-8-19-45-32(24)22-38(6)33(41)11-9-18-37(4)5/h12-17,20,24-26,32,36,40H,7-11,18-19,21-23H2,1-6H3/t24-,25+,26+,32-/m0/s1. The van der Waals surface area contributed by atoms with E-state index in [1.165, 1.54) is 30.3 Å². The first kappa shape index (κ1) is 38.5. The number of anilines is 1. The minimum Gasteiger partial charge on any atom is -0.490 e. The minimum atomic E-state index is -3.98. The van der Waals surface area contributed by atoms with Gasteiger partial charge in [0.25, 0.3) is 15.9 Å². The van der Waals surface area contributed by atoms with Crippen molar-refractivity contribution in [1.82, 2.24) is 14.7 Å². The summed E-state index contributed by atoms with van der Waals surface area (Å²) >= 11 is 5.94. The van der Waals surface area contributed by atoms with Crippen LogP contribution >= 0.6 is 11.6 Å². The van der Waals surface area contributed by atoms with Crippen molar-refractivity contribution in [1.29, 1.82) is 0 Å². The van der Waals surface area contributed by atoms with E-state index in [-0.39, 0.29) is 53.3 Å². The second kappa shape index (κ2) is 18.0. The molecule has 2 N–H and O–H groups in total. The maximum absolute atomic E-state index is 14.3. The summed E-state index contributed by atoms with van der Waals surface area (Å²) in [6, 6.07) is 9.85. The maximum Gasteiger partial charge on any atom is 0.261 e. The Hall–Kier alpha value is -2.90. The SMILES string of the molecule is C[C@@H]1CCCCO[C@@H](CN(C)C(=O)CCCN(C)C)[C@@H](C)CN([C@H](C)CO)C(=O)c2cc(NS(=O)(=O)c3ccc(Cl)cc3)ccc2O1. The van der Waals surface area contributed by atoms with E-state index >= 15 is 0 Å². The van der Waals surface area contributed by atoms with E-state index in [1.54, 1.807) is 35.9 Å². The minimum absolute atomic E-state index is 0.0229. The van der Waals surface area contributed by atoms with Gasteiger partial charge in [0.1, 0.15) is 5.75 Å². The first-order valence-electron chi connectivity index (χ1n) is 16.2. The third-order valence-electron chi connectivity index (χ3n) is 8.30. The molecule has 1 heterocycles. The predicted octanol–water partition coefficient (Wildman–Crippen LogP) is 4.74. The number of aliphatic hydroxyl groups is 1. The van der Waals surface area contributed by atoms with Crippen molar-refractivity contribution in [3.05, 3.63) is 53.1 Å². The van der Waals surface area contributed by atoms with Crippen molar-refractivity contribution in [2.24, 2.45) is 5.92 Å². The predicted molar refractivity (Wildman–Crippen MR) is 185 cm³/mol. The van der Waals surface area contributed by atoms with Gasteiger partial charge in [-0.3, -0.25) is 14.3 Å². The molecule has 1 aliphatic heterocycles. The molecule has 11 nitrogen and oxygen atoms in total. The van der Waals surface area contributed by atoms with Crippen LogP contribution in [0, 0.1) is 5.92 Å². The zero-order chi connectivity index (χ0) is 34.7. The van der Waals surface area contributed by atoms with Crippen molar-refractivity contribution >= 4 is 39.1 Å². The number of sulfonamides is 1. The number of halogens is 1. The van der Waals surface area contributed by atoms with E-state index < -0.39 is 22.0 Å². The fourth-order valence-electron chi connectivity index (χ4n) is 5.39. The van der Waals surface area contributed by atoms with Crippen LogP contribution in [0.1, 0.15) is 63.2 Å². The highest BCUT2D eigenvalue weighted by atomic mass is 35.5. The van der Waals surface area contributed by atoms with Crippen molar-refractivity contribution in [2.45, 2.75) is 76.0 Å². The van der Waals surface area contributed by atoms with Crippen molar-refractivity contribution in [3.63, 3.8) is 0 Å². The Morgan fingerprint density at radius 3 is 2.49 bits per heavy atom. The van der Waals surface area contributed by atoms with Crippen LogP contribution in [-0.2, 0) is 19.6 Å². The van der Waals surface area contributed by atoms with Crippen LogP contribution < -0.4 is 9.46 Å². The van der Waals surface area contributed by atoms with Gasteiger partial charge in [-0.25, -0.2) is 8.42 Å². The molecule has 0 unspecified atom stereocenters. The lowest BCUT2D eigenvalue weighted by molar-refractivity contribution is -0.132. The molecular formula is C34H51ClN4O7S. The van der Waals surface area contributed by atoms with Gasteiger partial charge < -0.3 is 29.3 Å². The van der Waals surface area contributed by atoms with Crippen LogP contribution in [0.15, 0.2) is 47.4 Å². The summed E-state index contributed by atoms with van der Waals surface area (Å²) in [4.78, 5) is 32.6. The molecule has 0 aromatic heterocycles. The molecule has 2 aromatic rings. The van der Waals surface area contributed by atoms with Gasteiger partial charge in [-0.15, -0.1) is 0 Å². The first-order valence-corrected chi connectivity index (χ1v) is 18.1.